The smallest absolute Gasteiger partial charge is 0.135 e. The predicted octanol–water partition coefficient (Wildman–Crippen LogP) is 1.22. The van der Waals surface area contributed by atoms with Crippen molar-refractivity contribution in [2.45, 2.75) is 44.8 Å². The highest BCUT2D eigenvalue weighted by Gasteiger charge is 2.42. The van der Waals surface area contributed by atoms with E-state index in [4.69, 9.17) is 4.74 Å². The van der Waals surface area contributed by atoms with Crippen molar-refractivity contribution in [2.75, 3.05) is 19.7 Å². The largest absolute Gasteiger partial charge is 0.377 e. The minimum absolute atomic E-state index is 0.167. The van der Waals surface area contributed by atoms with Crippen LogP contribution in [0.25, 0.3) is 0 Å². The first-order chi connectivity index (χ1) is 6.63. The average molecular weight is 197 g/mol. The highest BCUT2D eigenvalue weighted by atomic mass is 16.5. The van der Waals surface area contributed by atoms with Crippen LogP contribution in [-0.4, -0.2) is 42.0 Å². The Labute approximate surface area is 85.4 Å². The van der Waals surface area contributed by atoms with Gasteiger partial charge in [-0.15, -0.1) is 0 Å². The molecule has 2 rings (SSSR count). The van der Waals surface area contributed by atoms with Crippen LogP contribution in [0.3, 0.4) is 0 Å². The third-order valence-electron chi connectivity index (χ3n) is 3.90. The number of ether oxygens (including phenoxy) is 1. The van der Waals surface area contributed by atoms with Crippen molar-refractivity contribution in [1.29, 1.82) is 0 Å². The Morgan fingerprint density at radius 3 is 2.57 bits per heavy atom. The van der Waals surface area contributed by atoms with E-state index < -0.39 is 0 Å². The normalized spacial score (nSPS) is 40.4. The van der Waals surface area contributed by atoms with Crippen molar-refractivity contribution in [2.24, 2.45) is 0 Å². The Hall–Kier alpha value is -0.410. The van der Waals surface area contributed by atoms with Crippen molar-refractivity contribution in [3.8, 4) is 0 Å². The molecule has 2 aliphatic rings. The van der Waals surface area contributed by atoms with Gasteiger partial charge in [0, 0.05) is 38.1 Å². The average Bonchev–Trinajstić information content (AvgIpc) is 2.49. The zero-order chi connectivity index (χ0) is 10.2. The molecule has 3 nitrogen and oxygen atoms in total. The van der Waals surface area contributed by atoms with Crippen molar-refractivity contribution >= 4 is 5.78 Å². The molecule has 0 amide bonds. The monoisotopic (exact) mass is 197 g/mol. The Kier molecular flexibility index (Phi) is 2.62. The van der Waals surface area contributed by atoms with Crippen LogP contribution in [0, 0.1) is 0 Å². The lowest BCUT2D eigenvalue weighted by atomic mass is 9.90. The number of hydrogen-bond donors (Lipinski definition) is 0. The zero-order valence-electron chi connectivity index (χ0n) is 9.08. The fourth-order valence-corrected chi connectivity index (χ4v) is 2.51. The van der Waals surface area contributed by atoms with Gasteiger partial charge in [0.15, 0.2) is 0 Å². The molecule has 0 spiro atoms. The van der Waals surface area contributed by atoms with E-state index in [-0.39, 0.29) is 5.54 Å². The van der Waals surface area contributed by atoms with Gasteiger partial charge < -0.3 is 4.74 Å². The predicted molar refractivity (Wildman–Crippen MR) is 54.3 cm³/mol. The molecule has 14 heavy (non-hydrogen) atoms. The number of nitrogens with zero attached hydrogens (tertiary/aromatic N) is 1. The number of ketones is 1. The molecule has 2 fully saturated rings. The maximum absolute atomic E-state index is 11.2. The van der Waals surface area contributed by atoms with Crippen molar-refractivity contribution < 1.29 is 9.53 Å². The second-order valence-electron chi connectivity index (χ2n) is 4.65. The molecule has 2 atom stereocenters. The summed E-state index contributed by atoms with van der Waals surface area (Å²) in [6.45, 7) is 7.11. The number of hydrogen-bond acceptors (Lipinski definition) is 3. The number of piperidine rings is 1. The third-order valence-corrected chi connectivity index (χ3v) is 3.90. The molecule has 0 aromatic heterocycles. The minimum Gasteiger partial charge on any atom is -0.377 e. The second-order valence-corrected chi connectivity index (χ2v) is 4.65. The second kappa shape index (κ2) is 3.63. The van der Waals surface area contributed by atoms with E-state index in [1.807, 2.05) is 0 Å². The molecule has 0 aliphatic carbocycles. The molecule has 0 aromatic carbocycles. The molecule has 0 N–H and O–H groups in total. The van der Waals surface area contributed by atoms with Gasteiger partial charge in [0.1, 0.15) is 5.78 Å². The molecule has 80 valence electrons. The highest BCUT2D eigenvalue weighted by Crippen LogP contribution is 2.33. The number of carbonyl (C=O) groups is 1. The number of Topliss-reactive ketones (excluding diaryl/α,β-unsaturated/α-hetero) is 1. The number of likely N-dealkylation sites (tertiary alicyclic amines) is 1. The van der Waals surface area contributed by atoms with Crippen LogP contribution in [0.1, 0.15) is 33.1 Å². The summed E-state index contributed by atoms with van der Waals surface area (Å²) in [6.07, 6.45) is 2.85. The summed E-state index contributed by atoms with van der Waals surface area (Å²) >= 11 is 0. The first-order valence-electron chi connectivity index (χ1n) is 5.51. The van der Waals surface area contributed by atoms with Gasteiger partial charge in [-0.25, -0.2) is 0 Å². The topological polar surface area (TPSA) is 29.5 Å². The van der Waals surface area contributed by atoms with E-state index >= 15 is 0 Å². The zero-order valence-corrected chi connectivity index (χ0v) is 9.08. The summed E-state index contributed by atoms with van der Waals surface area (Å²) in [7, 11) is 0. The fraction of sp³-hybridized carbons (Fsp3) is 0.909. The van der Waals surface area contributed by atoms with Crippen molar-refractivity contribution in [3.63, 3.8) is 0 Å². The van der Waals surface area contributed by atoms with Crippen LogP contribution in [0.15, 0.2) is 0 Å². The van der Waals surface area contributed by atoms with Crippen molar-refractivity contribution in [3.05, 3.63) is 0 Å². The van der Waals surface area contributed by atoms with Crippen LogP contribution in [0.4, 0.5) is 0 Å². The molecule has 2 aliphatic heterocycles. The minimum atomic E-state index is 0.167. The molecule has 0 saturated carbocycles. The van der Waals surface area contributed by atoms with E-state index in [9.17, 15) is 4.79 Å². The molecular weight excluding hydrogens is 178 g/mol. The van der Waals surface area contributed by atoms with Gasteiger partial charge >= 0.3 is 0 Å². The SMILES string of the molecule is CC1OCCC1(C)N1CCC(=O)CC1. The quantitative estimate of drug-likeness (QED) is 0.633. The van der Waals surface area contributed by atoms with Gasteiger partial charge in [0.25, 0.3) is 0 Å². The highest BCUT2D eigenvalue weighted by molar-refractivity contribution is 5.79. The summed E-state index contributed by atoms with van der Waals surface area (Å²) in [6, 6.07) is 0. The van der Waals surface area contributed by atoms with Gasteiger partial charge in [-0.2, -0.15) is 0 Å². The lowest BCUT2D eigenvalue weighted by Gasteiger charge is -2.42. The van der Waals surface area contributed by atoms with E-state index in [0.717, 1.165) is 39.0 Å². The third kappa shape index (κ3) is 1.59. The van der Waals surface area contributed by atoms with Gasteiger partial charge in [0.2, 0.25) is 0 Å². The number of rotatable bonds is 1. The Morgan fingerprint density at radius 1 is 1.43 bits per heavy atom. The standard InChI is InChI=1S/C11H19NO2/c1-9-11(2,5-8-14-9)12-6-3-10(13)4-7-12/h9H,3-8H2,1-2H3. The first kappa shape index (κ1) is 10.1. The maximum Gasteiger partial charge on any atom is 0.135 e. The Balaban J connectivity index is 2.03. The molecule has 2 saturated heterocycles. The Bertz CT molecular complexity index is 231. The molecular formula is C11H19NO2. The van der Waals surface area contributed by atoms with Crippen LogP contribution >= 0.6 is 0 Å². The van der Waals surface area contributed by atoms with E-state index in [0.29, 0.717) is 11.9 Å². The molecule has 3 heteroatoms. The molecule has 0 radical (unpaired) electrons. The number of carbonyl (C=O) groups excluding carboxylic acids is 1. The lowest BCUT2D eigenvalue weighted by Crippen LogP contribution is -2.54. The summed E-state index contributed by atoms with van der Waals surface area (Å²) in [5.74, 6) is 0.413. The van der Waals surface area contributed by atoms with Gasteiger partial charge in [0.05, 0.1) is 6.10 Å². The van der Waals surface area contributed by atoms with E-state index in [2.05, 4.69) is 18.7 Å². The van der Waals surface area contributed by atoms with Gasteiger partial charge in [-0.3, -0.25) is 9.69 Å². The van der Waals surface area contributed by atoms with Gasteiger partial charge in [-0.05, 0) is 20.3 Å². The van der Waals surface area contributed by atoms with Crippen LogP contribution in [-0.2, 0) is 9.53 Å². The van der Waals surface area contributed by atoms with E-state index in [1.54, 1.807) is 0 Å². The summed E-state index contributed by atoms with van der Waals surface area (Å²) < 4.78 is 5.62. The molecule has 2 unspecified atom stereocenters. The summed E-state index contributed by atoms with van der Waals surface area (Å²) in [5, 5.41) is 0. The lowest BCUT2D eigenvalue weighted by molar-refractivity contribution is -0.123. The summed E-state index contributed by atoms with van der Waals surface area (Å²) in [4.78, 5) is 13.6. The summed E-state index contributed by atoms with van der Waals surface area (Å²) in [5.41, 5.74) is 0.167. The van der Waals surface area contributed by atoms with Crippen LogP contribution in [0.5, 0.6) is 0 Å². The van der Waals surface area contributed by atoms with E-state index in [1.165, 1.54) is 0 Å². The first-order valence-corrected chi connectivity index (χ1v) is 5.51. The fourth-order valence-electron chi connectivity index (χ4n) is 2.51. The van der Waals surface area contributed by atoms with Crippen molar-refractivity contribution in [1.82, 2.24) is 4.90 Å². The van der Waals surface area contributed by atoms with Gasteiger partial charge in [-0.1, -0.05) is 0 Å². The van der Waals surface area contributed by atoms with Crippen LogP contribution < -0.4 is 0 Å². The molecule has 0 bridgehead atoms. The Morgan fingerprint density at radius 2 is 2.07 bits per heavy atom. The van der Waals surface area contributed by atoms with Crippen LogP contribution in [0.2, 0.25) is 0 Å². The maximum atomic E-state index is 11.2. The molecule has 2 heterocycles. The molecule has 0 aromatic rings.